The highest BCUT2D eigenvalue weighted by atomic mass is 16.6. The lowest BCUT2D eigenvalue weighted by Crippen LogP contribution is -2.23. The van der Waals surface area contributed by atoms with Crippen molar-refractivity contribution in [2.45, 2.75) is 13.5 Å². The number of benzene rings is 1. The molecule has 0 radical (unpaired) electrons. The number of furan rings is 1. The molecule has 1 heterocycles. The highest BCUT2D eigenvalue weighted by molar-refractivity contribution is 6.00. The summed E-state index contributed by atoms with van der Waals surface area (Å²) in [5.41, 5.74) is 0.608. The van der Waals surface area contributed by atoms with E-state index in [1.165, 1.54) is 18.2 Å². The smallest absolute Gasteiger partial charge is 0.270 e. The molecule has 0 unspecified atom stereocenters. The van der Waals surface area contributed by atoms with Crippen LogP contribution in [0.15, 0.2) is 34.7 Å². The number of amides is 1. The fraction of sp³-hybridized carbons (Fsp3) is 0.214. The van der Waals surface area contributed by atoms with Crippen molar-refractivity contribution in [3.63, 3.8) is 0 Å². The molecule has 2 N–H and O–H groups in total. The van der Waals surface area contributed by atoms with E-state index in [1.54, 1.807) is 19.2 Å². The quantitative estimate of drug-likeness (QED) is 0.651. The van der Waals surface area contributed by atoms with Crippen molar-refractivity contribution in [1.29, 1.82) is 0 Å². The molecule has 0 saturated carbocycles. The van der Waals surface area contributed by atoms with Crippen molar-refractivity contribution >= 4 is 17.3 Å². The van der Waals surface area contributed by atoms with Gasteiger partial charge in [-0.3, -0.25) is 14.9 Å². The van der Waals surface area contributed by atoms with Gasteiger partial charge in [0, 0.05) is 24.9 Å². The Morgan fingerprint density at radius 1 is 1.33 bits per heavy atom. The zero-order chi connectivity index (χ0) is 15.4. The first kappa shape index (κ1) is 14.6. The van der Waals surface area contributed by atoms with Crippen LogP contribution in [0.25, 0.3) is 0 Å². The Kier molecular flexibility index (Phi) is 4.22. The van der Waals surface area contributed by atoms with Gasteiger partial charge in [0.1, 0.15) is 11.5 Å². The van der Waals surface area contributed by atoms with E-state index in [0.717, 1.165) is 5.76 Å². The zero-order valence-corrected chi connectivity index (χ0v) is 11.7. The maximum atomic E-state index is 12.2. The first-order valence-corrected chi connectivity index (χ1v) is 6.31. The van der Waals surface area contributed by atoms with E-state index in [2.05, 4.69) is 10.6 Å². The van der Waals surface area contributed by atoms with Gasteiger partial charge < -0.3 is 15.1 Å². The predicted molar refractivity (Wildman–Crippen MR) is 77.3 cm³/mol. The Morgan fingerprint density at radius 3 is 2.67 bits per heavy atom. The van der Waals surface area contributed by atoms with Crippen molar-refractivity contribution < 1.29 is 14.1 Å². The summed E-state index contributed by atoms with van der Waals surface area (Å²) < 4.78 is 5.35. The second-order valence-electron chi connectivity index (χ2n) is 4.43. The number of carbonyl (C=O) groups is 1. The van der Waals surface area contributed by atoms with E-state index in [-0.39, 0.29) is 17.8 Å². The van der Waals surface area contributed by atoms with Crippen LogP contribution in [0.3, 0.4) is 0 Å². The molecule has 7 heteroatoms. The Hall–Kier alpha value is -2.83. The summed E-state index contributed by atoms with van der Waals surface area (Å²) in [6.07, 6.45) is 0. The maximum absolute atomic E-state index is 12.2. The molecule has 1 amide bonds. The van der Waals surface area contributed by atoms with Crippen LogP contribution in [0.5, 0.6) is 0 Å². The van der Waals surface area contributed by atoms with Crippen LogP contribution in [0.2, 0.25) is 0 Å². The highest BCUT2D eigenvalue weighted by Gasteiger charge is 2.16. The third-order valence-electron chi connectivity index (χ3n) is 2.95. The molecule has 0 bridgehead atoms. The normalized spacial score (nSPS) is 10.2. The number of rotatable bonds is 5. The molecule has 0 aliphatic carbocycles. The summed E-state index contributed by atoms with van der Waals surface area (Å²) in [6, 6.07) is 7.66. The Morgan fingerprint density at radius 2 is 2.10 bits per heavy atom. The van der Waals surface area contributed by atoms with Gasteiger partial charge in [-0.25, -0.2) is 0 Å². The van der Waals surface area contributed by atoms with Crippen LogP contribution < -0.4 is 10.6 Å². The van der Waals surface area contributed by atoms with Gasteiger partial charge in [0.15, 0.2) is 0 Å². The minimum atomic E-state index is -0.536. The first-order valence-electron chi connectivity index (χ1n) is 6.31. The van der Waals surface area contributed by atoms with Crippen LogP contribution in [-0.2, 0) is 6.54 Å². The summed E-state index contributed by atoms with van der Waals surface area (Å²) in [4.78, 5) is 22.4. The van der Waals surface area contributed by atoms with Gasteiger partial charge in [0.2, 0.25) is 0 Å². The second kappa shape index (κ2) is 6.08. The average Bonchev–Trinajstić information content (AvgIpc) is 2.89. The molecule has 0 spiro atoms. The molecule has 0 saturated heterocycles. The molecule has 110 valence electrons. The Labute approximate surface area is 121 Å². The summed E-state index contributed by atoms with van der Waals surface area (Å²) in [5.74, 6) is 0.972. The van der Waals surface area contributed by atoms with Gasteiger partial charge in [0.25, 0.3) is 11.6 Å². The lowest BCUT2D eigenvalue weighted by Gasteiger charge is -2.09. The molecule has 2 aromatic rings. The number of nitrogens with zero attached hydrogens (tertiary/aromatic N) is 1. The van der Waals surface area contributed by atoms with Crippen molar-refractivity contribution in [2.24, 2.45) is 0 Å². The fourth-order valence-corrected chi connectivity index (χ4v) is 1.89. The van der Waals surface area contributed by atoms with E-state index in [1.807, 2.05) is 6.92 Å². The van der Waals surface area contributed by atoms with Crippen LogP contribution >= 0.6 is 0 Å². The maximum Gasteiger partial charge on any atom is 0.270 e. The van der Waals surface area contributed by atoms with Gasteiger partial charge in [-0.2, -0.15) is 0 Å². The third-order valence-corrected chi connectivity index (χ3v) is 2.95. The second-order valence-corrected chi connectivity index (χ2v) is 4.43. The average molecular weight is 289 g/mol. The topological polar surface area (TPSA) is 97.4 Å². The van der Waals surface area contributed by atoms with Crippen molar-refractivity contribution in [3.05, 3.63) is 57.5 Å². The zero-order valence-electron chi connectivity index (χ0n) is 11.7. The number of aryl methyl sites for hydroxylation is 1. The molecule has 7 nitrogen and oxygen atoms in total. The lowest BCUT2D eigenvalue weighted by molar-refractivity contribution is -0.384. The summed E-state index contributed by atoms with van der Waals surface area (Å²) in [6.45, 7) is 2.03. The third kappa shape index (κ3) is 3.38. The van der Waals surface area contributed by atoms with E-state index >= 15 is 0 Å². The van der Waals surface area contributed by atoms with Gasteiger partial charge in [-0.15, -0.1) is 0 Å². The first-order chi connectivity index (χ1) is 10.0. The van der Waals surface area contributed by atoms with Crippen LogP contribution in [0.1, 0.15) is 21.9 Å². The molecular weight excluding hydrogens is 274 g/mol. The van der Waals surface area contributed by atoms with Gasteiger partial charge in [-0.1, -0.05) is 0 Å². The SMILES string of the molecule is CNc1ccc([N+](=O)[O-])cc1C(=O)NCc1ccc(C)o1. The molecule has 1 aromatic heterocycles. The molecule has 1 aromatic carbocycles. The summed E-state index contributed by atoms with van der Waals surface area (Å²) in [7, 11) is 1.65. The fourth-order valence-electron chi connectivity index (χ4n) is 1.89. The van der Waals surface area contributed by atoms with Gasteiger partial charge in [-0.05, 0) is 25.1 Å². The van der Waals surface area contributed by atoms with Gasteiger partial charge in [0.05, 0.1) is 17.0 Å². The van der Waals surface area contributed by atoms with Crippen molar-refractivity contribution in [2.75, 3.05) is 12.4 Å². The molecule has 0 aliphatic heterocycles. The lowest BCUT2D eigenvalue weighted by atomic mass is 10.1. The summed E-state index contributed by atoms with van der Waals surface area (Å²) in [5, 5.41) is 16.3. The Balaban J connectivity index is 2.17. The van der Waals surface area contributed by atoms with E-state index in [9.17, 15) is 14.9 Å². The number of nitro benzene ring substituents is 1. The molecular formula is C14H15N3O4. The standard InChI is InChI=1S/C14H15N3O4/c1-9-3-5-11(21-9)8-16-14(18)12-7-10(17(19)20)4-6-13(12)15-2/h3-7,15H,8H2,1-2H3,(H,16,18). The Bertz CT molecular complexity index is 679. The minimum absolute atomic E-state index is 0.131. The number of non-ortho nitro benzene ring substituents is 1. The summed E-state index contributed by atoms with van der Waals surface area (Å²) >= 11 is 0. The number of hydrogen-bond donors (Lipinski definition) is 2. The molecule has 0 fully saturated rings. The van der Waals surface area contributed by atoms with Crippen LogP contribution in [0.4, 0.5) is 11.4 Å². The van der Waals surface area contributed by atoms with E-state index in [4.69, 9.17) is 4.42 Å². The van der Waals surface area contributed by atoms with Crippen LogP contribution in [0, 0.1) is 17.0 Å². The molecule has 2 rings (SSSR count). The van der Waals surface area contributed by atoms with Gasteiger partial charge >= 0.3 is 0 Å². The molecule has 21 heavy (non-hydrogen) atoms. The van der Waals surface area contributed by atoms with E-state index < -0.39 is 10.8 Å². The minimum Gasteiger partial charge on any atom is -0.465 e. The number of hydrogen-bond acceptors (Lipinski definition) is 5. The monoisotopic (exact) mass is 289 g/mol. The largest absolute Gasteiger partial charge is 0.465 e. The molecule has 0 aliphatic rings. The number of carbonyl (C=O) groups excluding carboxylic acids is 1. The number of nitro groups is 1. The predicted octanol–water partition coefficient (Wildman–Crippen LogP) is 2.47. The number of anilines is 1. The molecule has 0 atom stereocenters. The van der Waals surface area contributed by atoms with E-state index in [0.29, 0.717) is 11.4 Å². The highest BCUT2D eigenvalue weighted by Crippen LogP contribution is 2.21. The van der Waals surface area contributed by atoms with Crippen molar-refractivity contribution in [3.8, 4) is 0 Å². The van der Waals surface area contributed by atoms with Crippen molar-refractivity contribution in [1.82, 2.24) is 5.32 Å². The number of nitrogens with one attached hydrogen (secondary N) is 2. The van der Waals surface area contributed by atoms with Crippen LogP contribution in [-0.4, -0.2) is 17.9 Å².